The van der Waals surface area contributed by atoms with Gasteiger partial charge < -0.3 is 15.7 Å². The van der Waals surface area contributed by atoms with Crippen molar-refractivity contribution in [3.8, 4) is 0 Å². The highest BCUT2D eigenvalue weighted by atomic mass is 16.3. The molecule has 0 bridgehead atoms. The number of piperidine rings is 1. The van der Waals surface area contributed by atoms with Crippen molar-refractivity contribution in [3.05, 3.63) is 34.9 Å². The van der Waals surface area contributed by atoms with E-state index in [1.807, 2.05) is 6.92 Å². The van der Waals surface area contributed by atoms with Gasteiger partial charge in [-0.1, -0.05) is 0 Å². The maximum atomic E-state index is 12.3. The number of aliphatic hydroxyl groups excluding tert-OH is 1. The van der Waals surface area contributed by atoms with E-state index >= 15 is 0 Å². The fourth-order valence-corrected chi connectivity index (χ4v) is 2.37. The Kier molecular flexibility index (Phi) is 3.85. The maximum Gasteiger partial charge on any atom is 0.253 e. The Morgan fingerprint density at radius 3 is 2.63 bits per heavy atom. The van der Waals surface area contributed by atoms with Crippen molar-refractivity contribution in [3.63, 3.8) is 0 Å². The average molecular weight is 262 g/mol. The predicted molar refractivity (Wildman–Crippen MR) is 70.8 cm³/mol. The Balaban J connectivity index is 2.25. The van der Waals surface area contributed by atoms with E-state index in [9.17, 15) is 14.7 Å². The number of rotatable bonds is 2. The highest BCUT2D eigenvalue weighted by Crippen LogP contribution is 2.16. The monoisotopic (exact) mass is 262 g/mol. The van der Waals surface area contributed by atoms with Crippen LogP contribution in [-0.2, 0) is 0 Å². The second-order valence-corrected chi connectivity index (χ2v) is 5.00. The number of β-amino-alcohol motifs (C(OH)–C–C–N with tert-alkyl or cyclic N) is 1. The topological polar surface area (TPSA) is 83.6 Å². The van der Waals surface area contributed by atoms with Crippen LogP contribution in [0.4, 0.5) is 0 Å². The van der Waals surface area contributed by atoms with Crippen LogP contribution in [0.1, 0.15) is 39.1 Å². The average Bonchev–Trinajstić information content (AvgIpc) is 2.37. The van der Waals surface area contributed by atoms with E-state index in [0.29, 0.717) is 24.2 Å². The molecule has 2 amide bonds. The molecule has 1 saturated heterocycles. The van der Waals surface area contributed by atoms with Crippen molar-refractivity contribution >= 4 is 11.8 Å². The lowest BCUT2D eigenvalue weighted by Gasteiger charge is -2.30. The van der Waals surface area contributed by atoms with Crippen molar-refractivity contribution in [1.82, 2.24) is 4.90 Å². The van der Waals surface area contributed by atoms with E-state index in [1.54, 1.807) is 17.0 Å². The number of aryl methyl sites for hydroxylation is 1. The Morgan fingerprint density at radius 2 is 2.00 bits per heavy atom. The van der Waals surface area contributed by atoms with Crippen molar-refractivity contribution in [2.45, 2.75) is 25.9 Å². The zero-order chi connectivity index (χ0) is 14.0. The Bertz CT molecular complexity index is 513. The summed E-state index contributed by atoms with van der Waals surface area (Å²) in [5.74, 6) is -0.707. The Morgan fingerprint density at radius 1 is 1.32 bits per heavy atom. The summed E-state index contributed by atoms with van der Waals surface area (Å²) in [6.07, 6.45) is 1.06. The molecule has 19 heavy (non-hydrogen) atoms. The van der Waals surface area contributed by atoms with E-state index in [0.717, 1.165) is 18.4 Å². The summed E-state index contributed by atoms with van der Waals surface area (Å²) >= 11 is 0. The summed E-state index contributed by atoms with van der Waals surface area (Å²) in [5.41, 5.74) is 6.85. The summed E-state index contributed by atoms with van der Waals surface area (Å²) in [6, 6.07) is 4.90. The minimum atomic E-state index is -0.545. The molecule has 1 heterocycles. The third kappa shape index (κ3) is 3.12. The van der Waals surface area contributed by atoms with E-state index in [1.165, 1.54) is 6.07 Å². The number of likely N-dealkylation sites (tertiary alicyclic amines) is 1. The van der Waals surface area contributed by atoms with Gasteiger partial charge in [0.05, 0.1) is 6.10 Å². The summed E-state index contributed by atoms with van der Waals surface area (Å²) < 4.78 is 0. The third-order valence-electron chi connectivity index (χ3n) is 3.29. The van der Waals surface area contributed by atoms with Gasteiger partial charge in [-0.05, 0) is 43.5 Å². The standard InChI is InChI=1S/C14H18N2O3/c1-9-5-10(13(15)18)7-11(6-9)14(19)16-4-2-3-12(17)8-16/h5-7,12,17H,2-4,8H2,1H3,(H2,15,18). The maximum absolute atomic E-state index is 12.3. The van der Waals surface area contributed by atoms with Gasteiger partial charge >= 0.3 is 0 Å². The molecule has 5 heteroatoms. The number of nitrogens with zero attached hydrogens (tertiary/aromatic N) is 1. The molecule has 1 fully saturated rings. The largest absolute Gasteiger partial charge is 0.391 e. The van der Waals surface area contributed by atoms with Crippen molar-refractivity contribution in [2.75, 3.05) is 13.1 Å². The molecule has 1 atom stereocenters. The number of carbonyl (C=O) groups is 2. The molecule has 0 radical (unpaired) electrons. The molecule has 1 aliphatic rings. The fraction of sp³-hybridized carbons (Fsp3) is 0.429. The van der Waals surface area contributed by atoms with Gasteiger partial charge in [-0.2, -0.15) is 0 Å². The second kappa shape index (κ2) is 5.40. The first-order valence-corrected chi connectivity index (χ1v) is 6.36. The molecule has 0 aromatic heterocycles. The van der Waals surface area contributed by atoms with Crippen LogP contribution in [0.3, 0.4) is 0 Å². The minimum absolute atomic E-state index is 0.162. The number of nitrogens with two attached hydrogens (primary N) is 1. The van der Waals surface area contributed by atoms with Gasteiger partial charge in [0.1, 0.15) is 0 Å². The number of primary amides is 1. The quantitative estimate of drug-likeness (QED) is 0.822. The lowest BCUT2D eigenvalue weighted by Crippen LogP contribution is -2.42. The van der Waals surface area contributed by atoms with Gasteiger partial charge in [0.15, 0.2) is 0 Å². The van der Waals surface area contributed by atoms with Gasteiger partial charge in [-0.3, -0.25) is 9.59 Å². The highest BCUT2D eigenvalue weighted by Gasteiger charge is 2.23. The Labute approximate surface area is 112 Å². The molecule has 0 saturated carbocycles. The molecular formula is C14H18N2O3. The summed E-state index contributed by atoms with van der Waals surface area (Å²) in [5, 5.41) is 9.60. The number of carbonyl (C=O) groups excluding carboxylic acids is 2. The first kappa shape index (κ1) is 13.5. The second-order valence-electron chi connectivity index (χ2n) is 5.00. The highest BCUT2D eigenvalue weighted by molar-refractivity contribution is 5.99. The first-order chi connectivity index (χ1) is 8.97. The molecule has 0 aliphatic carbocycles. The van der Waals surface area contributed by atoms with Gasteiger partial charge in [-0.25, -0.2) is 0 Å². The zero-order valence-electron chi connectivity index (χ0n) is 10.9. The van der Waals surface area contributed by atoms with Crippen LogP contribution in [0.15, 0.2) is 18.2 Å². The third-order valence-corrected chi connectivity index (χ3v) is 3.29. The molecule has 1 aliphatic heterocycles. The van der Waals surface area contributed by atoms with Crippen LogP contribution in [0.5, 0.6) is 0 Å². The van der Waals surface area contributed by atoms with E-state index in [-0.39, 0.29) is 5.91 Å². The lowest BCUT2D eigenvalue weighted by molar-refractivity contribution is 0.0473. The fourth-order valence-electron chi connectivity index (χ4n) is 2.37. The van der Waals surface area contributed by atoms with Crippen LogP contribution in [0, 0.1) is 6.92 Å². The number of hydrogen-bond acceptors (Lipinski definition) is 3. The van der Waals surface area contributed by atoms with Gasteiger partial charge in [0, 0.05) is 24.2 Å². The normalized spacial score (nSPS) is 19.3. The van der Waals surface area contributed by atoms with Gasteiger partial charge in [0.2, 0.25) is 5.91 Å². The van der Waals surface area contributed by atoms with Crippen LogP contribution < -0.4 is 5.73 Å². The lowest BCUT2D eigenvalue weighted by atomic mass is 10.0. The SMILES string of the molecule is Cc1cc(C(N)=O)cc(C(=O)N2CCCC(O)C2)c1. The smallest absolute Gasteiger partial charge is 0.253 e. The zero-order valence-corrected chi connectivity index (χ0v) is 10.9. The van der Waals surface area contributed by atoms with Gasteiger partial charge in [0.25, 0.3) is 5.91 Å². The van der Waals surface area contributed by atoms with E-state index in [4.69, 9.17) is 5.73 Å². The van der Waals surface area contributed by atoms with Crippen molar-refractivity contribution in [1.29, 1.82) is 0 Å². The minimum Gasteiger partial charge on any atom is -0.391 e. The van der Waals surface area contributed by atoms with Crippen molar-refractivity contribution in [2.24, 2.45) is 5.73 Å². The predicted octanol–water partition coefficient (Wildman–Crippen LogP) is 0.691. The molecule has 1 unspecified atom stereocenters. The van der Waals surface area contributed by atoms with Crippen molar-refractivity contribution < 1.29 is 14.7 Å². The molecule has 102 valence electrons. The van der Waals surface area contributed by atoms with Crippen LogP contribution >= 0.6 is 0 Å². The van der Waals surface area contributed by atoms with E-state index in [2.05, 4.69) is 0 Å². The molecule has 0 spiro atoms. The molecule has 1 aromatic rings. The van der Waals surface area contributed by atoms with Gasteiger partial charge in [-0.15, -0.1) is 0 Å². The van der Waals surface area contributed by atoms with Crippen LogP contribution in [0.25, 0.3) is 0 Å². The number of hydrogen-bond donors (Lipinski definition) is 2. The van der Waals surface area contributed by atoms with E-state index < -0.39 is 12.0 Å². The number of aliphatic hydroxyl groups is 1. The molecule has 2 rings (SSSR count). The number of amides is 2. The molecular weight excluding hydrogens is 244 g/mol. The summed E-state index contributed by atoms with van der Waals surface area (Å²) in [4.78, 5) is 25.2. The van der Waals surface area contributed by atoms with Crippen LogP contribution in [-0.4, -0.2) is 41.0 Å². The summed E-state index contributed by atoms with van der Waals surface area (Å²) in [6.45, 7) is 2.79. The summed E-state index contributed by atoms with van der Waals surface area (Å²) in [7, 11) is 0. The number of benzene rings is 1. The molecule has 5 nitrogen and oxygen atoms in total. The first-order valence-electron chi connectivity index (χ1n) is 6.36. The molecule has 1 aromatic carbocycles. The Hall–Kier alpha value is -1.88. The van der Waals surface area contributed by atoms with Crippen LogP contribution in [0.2, 0.25) is 0 Å². The molecule has 3 N–H and O–H groups in total.